The summed E-state index contributed by atoms with van der Waals surface area (Å²) < 4.78 is 0. The minimum Gasteiger partial charge on any atom is -0.354 e. The van der Waals surface area contributed by atoms with Gasteiger partial charge in [0, 0.05) is 6.54 Å². The molecule has 1 heterocycles. The van der Waals surface area contributed by atoms with Gasteiger partial charge in [-0.1, -0.05) is 44.7 Å². The average Bonchev–Trinajstić information content (AvgIpc) is 2.79. The standard InChI is InChI=1S/C19H26N2O3/c1-4-6-7-14(5-2)11-20-17(22)12-21-18(23)15-9-8-13(3)10-16(15)19(21)24/h8-10,14H,4-7,11-12H2,1-3H3,(H,20,22). The van der Waals surface area contributed by atoms with Gasteiger partial charge in [-0.2, -0.15) is 0 Å². The second kappa shape index (κ2) is 8.08. The molecular formula is C19H26N2O3. The molecule has 1 aromatic carbocycles. The Labute approximate surface area is 143 Å². The summed E-state index contributed by atoms with van der Waals surface area (Å²) in [6.45, 7) is 6.51. The zero-order chi connectivity index (χ0) is 17.7. The van der Waals surface area contributed by atoms with Gasteiger partial charge in [-0.15, -0.1) is 0 Å². The lowest BCUT2D eigenvalue weighted by Gasteiger charge is -2.17. The van der Waals surface area contributed by atoms with Gasteiger partial charge in [-0.05, 0) is 31.4 Å². The number of nitrogens with zero attached hydrogens (tertiary/aromatic N) is 1. The minimum absolute atomic E-state index is 0.213. The highest BCUT2D eigenvalue weighted by Crippen LogP contribution is 2.23. The normalized spacial score (nSPS) is 14.7. The highest BCUT2D eigenvalue weighted by atomic mass is 16.2. The maximum Gasteiger partial charge on any atom is 0.262 e. The Bertz CT molecular complexity index is 639. The van der Waals surface area contributed by atoms with Crippen LogP contribution in [0.5, 0.6) is 0 Å². The first kappa shape index (κ1) is 18.2. The third-order valence-electron chi connectivity index (χ3n) is 4.56. The van der Waals surface area contributed by atoms with E-state index in [0.29, 0.717) is 23.6 Å². The summed E-state index contributed by atoms with van der Waals surface area (Å²) in [5.74, 6) is -0.607. The van der Waals surface area contributed by atoms with E-state index < -0.39 is 0 Å². The maximum absolute atomic E-state index is 12.4. The lowest BCUT2D eigenvalue weighted by Crippen LogP contribution is -2.41. The smallest absolute Gasteiger partial charge is 0.262 e. The van der Waals surface area contributed by atoms with Crippen molar-refractivity contribution in [1.29, 1.82) is 0 Å². The number of hydrogen-bond acceptors (Lipinski definition) is 3. The van der Waals surface area contributed by atoms with Gasteiger partial charge in [0.15, 0.2) is 0 Å². The molecule has 130 valence electrons. The molecule has 1 atom stereocenters. The molecule has 0 saturated carbocycles. The Morgan fingerprint density at radius 3 is 2.54 bits per heavy atom. The predicted octanol–water partition coefficient (Wildman–Crippen LogP) is 2.92. The molecule has 0 saturated heterocycles. The molecule has 24 heavy (non-hydrogen) atoms. The Hall–Kier alpha value is -2.17. The van der Waals surface area contributed by atoms with Crippen molar-refractivity contribution in [3.05, 3.63) is 34.9 Å². The number of amides is 3. The van der Waals surface area contributed by atoms with Crippen molar-refractivity contribution in [2.45, 2.75) is 46.5 Å². The molecule has 1 aliphatic heterocycles. The van der Waals surface area contributed by atoms with Gasteiger partial charge >= 0.3 is 0 Å². The fourth-order valence-corrected chi connectivity index (χ4v) is 2.95. The summed E-state index contributed by atoms with van der Waals surface area (Å²) in [5, 5.41) is 2.86. The number of carbonyl (C=O) groups excluding carboxylic acids is 3. The number of nitrogens with one attached hydrogen (secondary N) is 1. The van der Waals surface area contributed by atoms with Crippen LogP contribution in [0.25, 0.3) is 0 Å². The van der Waals surface area contributed by atoms with Crippen LogP contribution in [0.4, 0.5) is 0 Å². The molecule has 1 N–H and O–H groups in total. The molecule has 0 aromatic heterocycles. The lowest BCUT2D eigenvalue weighted by atomic mass is 9.99. The first-order valence-electron chi connectivity index (χ1n) is 8.71. The van der Waals surface area contributed by atoms with Gasteiger partial charge in [0.1, 0.15) is 6.54 Å². The number of rotatable bonds is 8. The van der Waals surface area contributed by atoms with Crippen molar-refractivity contribution < 1.29 is 14.4 Å². The second-order valence-corrected chi connectivity index (χ2v) is 6.47. The van der Waals surface area contributed by atoms with E-state index in [1.807, 2.05) is 6.92 Å². The van der Waals surface area contributed by atoms with Gasteiger partial charge < -0.3 is 5.32 Å². The summed E-state index contributed by atoms with van der Waals surface area (Å²) in [7, 11) is 0. The van der Waals surface area contributed by atoms with Crippen LogP contribution in [0.15, 0.2) is 18.2 Å². The van der Waals surface area contributed by atoms with E-state index in [-0.39, 0.29) is 24.3 Å². The van der Waals surface area contributed by atoms with Crippen LogP contribution in [0, 0.1) is 12.8 Å². The van der Waals surface area contributed by atoms with Gasteiger partial charge in [0.2, 0.25) is 5.91 Å². The third-order valence-corrected chi connectivity index (χ3v) is 4.56. The van der Waals surface area contributed by atoms with Gasteiger partial charge in [-0.3, -0.25) is 19.3 Å². The predicted molar refractivity (Wildman–Crippen MR) is 92.9 cm³/mol. The Morgan fingerprint density at radius 1 is 1.17 bits per heavy atom. The number of fused-ring (bicyclic) bond motifs is 1. The van der Waals surface area contributed by atoms with Crippen LogP contribution in [-0.2, 0) is 4.79 Å². The van der Waals surface area contributed by atoms with Crippen molar-refractivity contribution >= 4 is 17.7 Å². The van der Waals surface area contributed by atoms with Crippen molar-refractivity contribution in [1.82, 2.24) is 10.2 Å². The van der Waals surface area contributed by atoms with E-state index in [9.17, 15) is 14.4 Å². The molecule has 0 spiro atoms. The fraction of sp³-hybridized carbons (Fsp3) is 0.526. The van der Waals surface area contributed by atoms with Crippen LogP contribution in [0.2, 0.25) is 0 Å². The van der Waals surface area contributed by atoms with Gasteiger partial charge in [0.05, 0.1) is 11.1 Å². The molecule has 1 aliphatic rings. The van der Waals surface area contributed by atoms with Crippen molar-refractivity contribution in [2.75, 3.05) is 13.1 Å². The molecule has 1 unspecified atom stereocenters. The molecule has 5 nitrogen and oxygen atoms in total. The lowest BCUT2D eigenvalue weighted by molar-refractivity contribution is -0.121. The maximum atomic E-state index is 12.4. The number of hydrogen-bond donors (Lipinski definition) is 1. The van der Waals surface area contributed by atoms with Crippen LogP contribution in [-0.4, -0.2) is 35.7 Å². The molecular weight excluding hydrogens is 304 g/mol. The minimum atomic E-state index is -0.386. The molecule has 2 rings (SSSR count). The Kier molecular flexibility index (Phi) is 6.12. The SMILES string of the molecule is CCCCC(CC)CNC(=O)CN1C(=O)c2ccc(C)cc2C1=O. The van der Waals surface area contributed by atoms with E-state index in [1.165, 1.54) is 0 Å². The topological polar surface area (TPSA) is 66.5 Å². The molecule has 3 amide bonds. The van der Waals surface area contributed by atoms with E-state index in [2.05, 4.69) is 19.2 Å². The molecule has 0 fully saturated rings. The second-order valence-electron chi connectivity index (χ2n) is 6.47. The summed E-state index contributed by atoms with van der Waals surface area (Å²) in [4.78, 5) is 37.8. The Balaban J connectivity index is 1.93. The van der Waals surface area contributed by atoms with Gasteiger partial charge in [-0.25, -0.2) is 0 Å². The number of benzene rings is 1. The van der Waals surface area contributed by atoms with Crippen LogP contribution >= 0.6 is 0 Å². The highest BCUT2D eigenvalue weighted by Gasteiger charge is 2.36. The first-order chi connectivity index (χ1) is 11.5. The number of carbonyl (C=O) groups is 3. The third kappa shape index (κ3) is 4.02. The highest BCUT2D eigenvalue weighted by molar-refractivity contribution is 6.22. The van der Waals surface area contributed by atoms with E-state index in [0.717, 1.165) is 36.1 Å². The molecule has 1 aromatic rings. The molecule has 0 bridgehead atoms. The monoisotopic (exact) mass is 330 g/mol. The summed E-state index contributed by atoms with van der Waals surface area (Å²) in [5.41, 5.74) is 1.69. The van der Waals surface area contributed by atoms with E-state index >= 15 is 0 Å². The van der Waals surface area contributed by atoms with E-state index in [4.69, 9.17) is 0 Å². The number of unbranched alkanes of at least 4 members (excludes halogenated alkanes) is 1. The molecule has 0 radical (unpaired) electrons. The zero-order valence-electron chi connectivity index (χ0n) is 14.7. The summed E-state index contributed by atoms with van der Waals surface area (Å²) >= 11 is 0. The summed E-state index contributed by atoms with van der Waals surface area (Å²) in [6, 6.07) is 5.15. The summed E-state index contributed by atoms with van der Waals surface area (Å²) in [6.07, 6.45) is 4.37. The van der Waals surface area contributed by atoms with Crippen LogP contribution < -0.4 is 5.32 Å². The van der Waals surface area contributed by atoms with Crippen LogP contribution in [0.3, 0.4) is 0 Å². The molecule has 5 heteroatoms. The van der Waals surface area contributed by atoms with Gasteiger partial charge in [0.25, 0.3) is 11.8 Å². The largest absolute Gasteiger partial charge is 0.354 e. The fourth-order valence-electron chi connectivity index (χ4n) is 2.95. The van der Waals surface area contributed by atoms with Crippen molar-refractivity contribution in [2.24, 2.45) is 5.92 Å². The Morgan fingerprint density at radius 2 is 1.88 bits per heavy atom. The first-order valence-corrected chi connectivity index (χ1v) is 8.71. The van der Waals surface area contributed by atoms with Crippen LogP contribution in [0.1, 0.15) is 65.8 Å². The van der Waals surface area contributed by atoms with Crippen molar-refractivity contribution in [3.8, 4) is 0 Å². The van der Waals surface area contributed by atoms with Crippen molar-refractivity contribution in [3.63, 3.8) is 0 Å². The molecule has 0 aliphatic carbocycles. The quantitative estimate of drug-likeness (QED) is 0.745. The zero-order valence-corrected chi connectivity index (χ0v) is 14.7. The number of imide groups is 1. The van der Waals surface area contributed by atoms with E-state index in [1.54, 1.807) is 18.2 Å². The average molecular weight is 330 g/mol. The number of aryl methyl sites for hydroxylation is 1.